The van der Waals surface area contributed by atoms with E-state index in [1.165, 1.54) is 6.08 Å². The number of allylic oxidation sites excluding steroid dienone is 2. The molecule has 0 bridgehead atoms. The Bertz CT molecular complexity index is 341. The zero-order chi connectivity index (χ0) is 11.1. The Hall–Kier alpha value is -1.44. The maximum atomic E-state index is 13.0. The molecule has 0 saturated heterocycles. The maximum Gasteiger partial charge on any atom is 0.191 e. The topological polar surface area (TPSA) is 17.1 Å². The maximum absolute atomic E-state index is 13.0. The molecule has 0 heterocycles. The Morgan fingerprint density at radius 3 is 2.60 bits per heavy atom. The monoisotopic (exact) mass is 206 g/mol. The van der Waals surface area contributed by atoms with Crippen molar-refractivity contribution >= 4 is 5.78 Å². The molecule has 80 valence electrons. The van der Waals surface area contributed by atoms with E-state index < -0.39 is 11.6 Å². The minimum Gasteiger partial charge on any atom is -0.292 e. The molecular formula is C13H15FO. The quantitative estimate of drug-likeness (QED) is 0.674. The van der Waals surface area contributed by atoms with Crippen molar-refractivity contribution in [1.82, 2.24) is 0 Å². The van der Waals surface area contributed by atoms with Crippen molar-refractivity contribution in [3.8, 4) is 0 Å². The predicted octanol–water partition coefficient (Wildman–Crippen LogP) is 3.45. The molecule has 0 spiro atoms. The third-order valence-corrected chi connectivity index (χ3v) is 2.13. The normalized spacial score (nSPS) is 11.5. The van der Waals surface area contributed by atoms with E-state index in [4.69, 9.17) is 0 Å². The summed E-state index contributed by atoms with van der Waals surface area (Å²) in [6.07, 6.45) is 2.73. The largest absolute Gasteiger partial charge is 0.292 e. The summed E-state index contributed by atoms with van der Waals surface area (Å²) in [5, 5.41) is 0. The molecule has 0 fully saturated rings. The molecule has 0 radical (unpaired) electrons. The second kappa shape index (κ2) is 6.12. The lowest BCUT2D eigenvalue weighted by atomic mass is 10.1. The first kappa shape index (κ1) is 11.6. The van der Waals surface area contributed by atoms with Gasteiger partial charge in [-0.3, -0.25) is 4.79 Å². The number of halogens is 1. The van der Waals surface area contributed by atoms with Crippen molar-refractivity contribution in [3.63, 3.8) is 0 Å². The number of carbonyl (C=O) groups excluding carboxylic acids is 1. The van der Waals surface area contributed by atoms with Crippen molar-refractivity contribution in [1.29, 1.82) is 0 Å². The van der Waals surface area contributed by atoms with Gasteiger partial charge in [0.1, 0.15) is 0 Å². The summed E-state index contributed by atoms with van der Waals surface area (Å²) in [5.41, 5.74) is 1.06. The fourth-order valence-corrected chi connectivity index (χ4v) is 1.32. The molecule has 0 atom stereocenters. The number of benzene rings is 1. The molecule has 15 heavy (non-hydrogen) atoms. The van der Waals surface area contributed by atoms with Gasteiger partial charge in [0.25, 0.3) is 0 Å². The molecule has 1 aromatic carbocycles. The summed E-state index contributed by atoms with van der Waals surface area (Å²) in [4.78, 5) is 11.3. The molecule has 1 aromatic rings. The first-order valence-electron chi connectivity index (χ1n) is 5.16. The lowest BCUT2D eigenvalue weighted by Gasteiger charge is -1.99. The van der Waals surface area contributed by atoms with Gasteiger partial charge in [0, 0.05) is 6.42 Å². The van der Waals surface area contributed by atoms with E-state index in [2.05, 4.69) is 0 Å². The van der Waals surface area contributed by atoms with Gasteiger partial charge < -0.3 is 0 Å². The minimum absolute atomic E-state index is 0.242. The summed E-state index contributed by atoms with van der Waals surface area (Å²) in [6.45, 7) is 1.81. The van der Waals surface area contributed by atoms with Crippen LogP contribution in [0.2, 0.25) is 0 Å². The van der Waals surface area contributed by atoms with Crippen LogP contribution in [-0.2, 0) is 11.2 Å². The lowest BCUT2D eigenvalue weighted by Crippen LogP contribution is -2.00. The van der Waals surface area contributed by atoms with Crippen molar-refractivity contribution < 1.29 is 9.18 Å². The predicted molar refractivity (Wildman–Crippen MR) is 59.3 cm³/mol. The zero-order valence-corrected chi connectivity index (χ0v) is 8.87. The molecule has 1 rings (SSSR count). The Labute approximate surface area is 89.6 Å². The Morgan fingerprint density at radius 2 is 2.00 bits per heavy atom. The van der Waals surface area contributed by atoms with Gasteiger partial charge in [0.2, 0.25) is 0 Å². The first-order valence-corrected chi connectivity index (χ1v) is 5.16. The SMILES string of the molecule is CC/C=C(\F)C(=O)CCc1ccccc1. The molecule has 0 unspecified atom stereocenters. The van der Waals surface area contributed by atoms with Crippen LogP contribution in [0, 0.1) is 0 Å². The highest BCUT2D eigenvalue weighted by atomic mass is 19.1. The van der Waals surface area contributed by atoms with Gasteiger partial charge in [0.05, 0.1) is 0 Å². The summed E-state index contributed by atoms with van der Waals surface area (Å²) >= 11 is 0. The van der Waals surface area contributed by atoms with E-state index in [1.54, 1.807) is 0 Å². The molecule has 1 nitrogen and oxygen atoms in total. The van der Waals surface area contributed by atoms with Crippen LogP contribution in [-0.4, -0.2) is 5.78 Å². The molecule has 0 aromatic heterocycles. The zero-order valence-electron chi connectivity index (χ0n) is 8.87. The Balaban J connectivity index is 2.45. The fraction of sp³-hybridized carbons (Fsp3) is 0.308. The molecule has 2 heteroatoms. The Morgan fingerprint density at radius 1 is 1.33 bits per heavy atom. The number of hydrogen-bond acceptors (Lipinski definition) is 1. The van der Waals surface area contributed by atoms with E-state index in [9.17, 15) is 9.18 Å². The lowest BCUT2D eigenvalue weighted by molar-refractivity contribution is -0.116. The summed E-state index contributed by atoms with van der Waals surface area (Å²) in [7, 11) is 0. The van der Waals surface area contributed by atoms with Crippen molar-refractivity contribution in [2.75, 3.05) is 0 Å². The van der Waals surface area contributed by atoms with Crippen LogP contribution in [0.25, 0.3) is 0 Å². The van der Waals surface area contributed by atoms with Crippen molar-refractivity contribution in [2.24, 2.45) is 0 Å². The van der Waals surface area contributed by atoms with Crippen molar-refractivity contribution in [2.45, 2.75) is 26.2 Å². The number of carbonyl (C=O) groups is 1. The highest BCUT2D eigenvalue weighted by molar-refractivity contribution is 5.93. The van der Waals surface area contributed by atoms with Crippen LogP contribution in [0.4, 0.5) is 4.39 Å². The molecule has 0 saturated carbocycles. The third kappa shape index (κ3) is 4.07. The first-order chi connectivity index (χ1) is 7.24. The number of aryl methyl sites for hydroxylation is 1. The van der Waals surface area contributed by atoms with Gasteiger partial charge in [-0.2, -0.15) is 0 Å². The van der Waals surface area contributed by atoms with Crippen LogP contribution >= 0.6 is 0 Å². The van der Waals surface area contributed by atoms with Crippen LogP contribution in [0.5, 0.6) is 0 Å². The van der Waals surface area contributed by atoms with Crippen LogP contribution in [0.15, 0.2) is 42.2 Å². The average molecular weight is 206 g/mol. The van der Waals surface area contributed by atoms with Gasteiger partial charge in [-0.1, -0.05) is 37.3 Å². The molecular weight excluding hydrogens is 191 g/mol. The summed E-state index contributed by atoms with van der Waals surface area (Å²) < 4.78 is 13.0. The van der Waals surface area contributed by atoms with Gasteiger partial charge in [-0.15, -0.1) is 0 Å². The molecule has 0 aliphatic rings. The number of Topliss-reactive ketones (excluding diaryl/α,β-unsaturated/α-hetero) is 1. The van der Waals surface area contributed by atoms with E-state index in [0.717, 1.165) is 5.56 Å². The van der Waals surface area contributed by atoms with E-state index >= 15 is 0 Å². The van der Waals surface area contributed by atoms with Crippen molar-refractivity contribution in [3.05, 3.63) is 47.8 Å². The van der Waals surface area contributed by atoms with Crippen LogP contribution in [0.1, 0.15) is 25.3 Å². The average Bonchev–Trinajstić information content (AvgIpc) is 2.27. The van der Waals surface area contributed by atoms with E-state index in [1.807, 2.05) is 37.3 Å². The molecule has 0 N–H and O–H groups in total. The number of ketones is 1. The standard InChI is InChI=1S/C13H15FO/c1-2-6-12(14)13(15)10-9-11-7-4-3-5-8-11/h3-8H,2,9-10H2,1H3/b12-6-. The third-order valence-electron chi connectivity index (χ3n) is 2.13. The second-order valence-corrected chi connectivity index (χ2v) is 3.37. The highest BCUT2D eigenvalue weighted by Crippen LogP contribution is 2.08. The second-order valence-electron chi connectivity index (χ2n) is 3.37. The van der Waals surface area contributed by atoms with Gasteiger partial charge in [0.15, 0.2) is 11.6 Å². The van der Waals surface area contributed by atoms with E-state index in [0.29, 0.717) is 12.8 Å². The van der Waals surface area contributed by atoms with E-state index in [-0.39, 0.29) is 6.42 Å². The number of rotatable bonds is 5. The summed E-state index contributed by atoms with van der Waals surface area (Å²) in [5.74, 6) is -1.01. The van der Waals surface area contributed by atoms with Gasteiger partial charge in [-0.05, 0) is 24.5 Å². The molecule has 0 aliphatic heterocycles. The fourth-order valence-electron chi connectivity index (χ4n) is 1.32. The molecule has 0 aliphatic carbocycles. The summed E-state index contributed by atoms with van der Waals surface area (Å²) in [6, 6.07) is 9.63. The van der Waals surface area contributed by atoms with Gasteiger partial charge >= 0.3 is 0 Å². The molecule has 0 amide bonds. The number of hydrogen-bond donors (Lipinski definition) is 0. The van der Waals surface area contributed by atoms with Gasteiger partial charge in [-0.25, -0.2) is 4.39 Å². The Kier molecular flexibility index (Phi) is 4.75. The van der Waals surface area contributed by atoms with Crippen LogP contribution < -0.4 is 0 Å². The smallest absolute Gasteiger partial charge is 0.191 e. The highest BCUT2D eigenvalue weighted by Gasteiger charge is 2.07. The minimum atomic E-state index is -0.603. The van der Waals surface area contributed by atoms with Crippen LogP contribution in [0.3, 0.4) is 0 Å².